The number of rotatable bonds is 5. The van der Waals surface area contributed by atoms with Crippen LogP contribution in [-0.4, -0.2) is 46.4 Å². The van der Waals surface area contributed by atoms with E-state index in [1.54, 1.807) is 34.2 Å². The Morgan fingerprint density at radius 3 is 2.81 bits per heavy atom. The quantitative estimate of drug-likeness (QED) is 0.437. The number of nitrogens with one attached hydrogen (secondary N) is 1. The van der Waals surface area contributed by atoms with Gasteiger partial charge in [-0.05, 0) is 24.6 Å². The van der Waals surface area contributed by atoms with Gasteiger partial charge in [-0.3, -0.25) is 14.7 Å². The third-order valence-corrected chi connectivity index (χ3v) is 5.70. The van der Waals surface area contributed by atoms with E-state index in [9.17, 15) is 9.59 Å². The van der Waals surface area contributed by atoms with Gasteiger partial charge in [0.05, 0.1) is 27.5 Å². The van der Waals surface area contributed by atoms with Gasteiger partial charge in [0.1, 0.15) is 5.15 Å². The van der Waals surface area contributed by atoms with Gasteiger partial charge in [-0.25, -0.2) is 9.78 Å². The maximum atomic E-state index is 12.9. The molecule has 0 saturated carbocycles. The molecule has 0 bridgehead atoms. The molecule has 9 heteroatoms. The predicted octanol–water partition coefficient (Wildman–Crippen LogP) is 4.93. The molecule has 0 aliphatic carbocycles. The lowest BCUT2D eigenvalue weighted by Crippen LogP contribution is -2.32. The van der Waals surface area contributed by atoms with Crippen LogP contribution < -0.4 is 10.2 Å². The molecule has 158 valence electrons. The molecule has 0 radical (unpaired) electrons. The van der Waals surface area contributed by atoms with E-state index < -0.39 is 5.91 Å². The minimum absolute atomic E-state index is 0.0136. The maximum absolute atomic E-state index is 12.9. The monoisotopic (exact) mass is 455 g/mol. The van der Waals surface area contributed by atoms with Crippen molar-refractivity contribution >= 4 is 57.4 Å². The molecule has 3 aromatic rings. The van der Waals surface area contributed by atoms with Gasteiger partial charge >= 0.3 is 6.03 Å². The van der Waals surface area contributed by atoms with E-state index in [1.807, 2.05) is 13.0 Å². The van der Waals surface area contributed by atoms with Crippen molar-refractivity contribution in [3.05, 3.63) is 70.6 Å². The summed E-state index contributed by atoms with van der Waals surface area (Å²) in [7, 11) is 0. The lowest BCUT2D eigenvalue weighted by atomic mass is 10.1. The Morgan fingerprint density at radius 1 is 1.26 bits per heavy atom. The summed E-state index contributed by atoms with van der Waals surface area (Å²) in [5.74, 6) is -0.492. The molecular formula is C22H19Cl2N5O2. The number of benzene rings is 1. The first-order valence-corrected chi connectivity index (χ1v) is 10.3. The van der Waals surface area contributed by atoms with Gasteiger partial charge in [-0.2, -0.15) is 0 Å². The Labute approximate surface area is 189 Å². The molecule has 3 heterocycles. The molecule has 7 nitrogen and oxygen atoms in total. The number of urea groups is 1. The summed E-state index contributed by atoms with van der Waals surface area (Å²) < 4.78 is 0. The average Bonchev–Trinajstić information content (AvgIpc) is 3.08. The predicted molar refractivity (Wildman–Crippen MR) is 123 cm³/mol. The van der Waals surface area contributed by atoms with Crippen molar-refractivity contribution in [2.75, 3.05) is 29.9 Å². The molecule has 1 saturated heterocycles. The molecule has 1 N–H and O–H groups in total. The van der Waals surface area contributed by atoms with Gasteiger partial charge in [0.15, 0.2) is 0 Å². The summed E-state index contributed by atoms with van der Waals surface area (Å²) >= 11 is 12.2. The first-order valence-electron chi connectivity index (χ1n) is 9.59. The van der Waals surface area contributed by atoms with E-state index in [-0.39, 0.29) is 21.8 Å². The fraction of sp³-hybridized carbons (Fsp3) is 0.182. The smallest absolute Gasteiger partial charge is 0.320 e. The van der Waals surface area contributed by atoms with Gasteiger partial charge in [0.2, 0.25) is 0 Å². The fourth-order valence-corrected chi connectivity index (χ4v) is 4.21. The molecule has 31 heavy (non-hydrogen) atoms. The third-order valence-electron chi connectivity index (χ3n) is 5.10. The van der Waals surface area contributed by atoms with Crippen molar-refractivity contribution in [1.29, 1.82) is 0 Å². The number of aromatic nitrogens is 2. The van der Waals surface area contributed by atoms with Crippen LogP contribution in [0.5, 0.6) is 0 Å². The number of aryl methyl sites for hydroxylation is 1. The SMILES string of the molecule is C=CCN1CCN(c2c(C)cnc3c(NC(=O)c4c(Cl)ccnc4Cl)cccc23)C1=O. The highest BCUT2D eigenvalue weighted by molar-refractivity contribution is 6.39. The first kappa shape index (κ1) is 21.1. The first-order chi connectivity index (χ1) is 14.9. The topological polar surface area (TPSA) is 78.4 Å². The normalized spacial score (nSPS) is 13.7. The van der Waals surface area contributed by atoms with Gasteiger partial charge in [0.25, 0.3) is 5.91 Å². The van der Waals surface area contributed by atoms with Gasteiger partial charge < -0.3 is 10.2 Å². The Bertz CT molecular complexity index is 1190. The van der Waals surface area contributed by atoms with Crippen LogP contribution in [0.3, 0.4) is 0 Å². The van der Waals surface area contributed by atoms with Crippen LogP contribution in [0.4, 0.5) is 16.2 Å². The summed E-state index contributed by atoms with van der Waals surface area (Å²) in [6.07, 6.45) is 4.83. The molecule has 0 unspecified atom stereocenters. The average molecular weight is 456 g/mol. The molecule has 3 amide bonds. The number of carbonyl (C=O) groups excluding carboxylic acids is 2. The zero-order valence-electron chi connectivity index (χ0n) is 16.7. The number of hydrogen-bond donors (Lipinski definition) is 1. The molecule has 0 spiro atoms. The van der Waals surface area contributed by atoms with Crippen molar-refractivity contribution in [3.8, 4) is 0 Å². The minimum atomic E-state index is -0.492. The third kappa shape index (κ3) is 3.82. The van der Waals surface area contributed by atoms with E-state index in [2.05, 4.69) is 21.9 Å². The zero-order chi connectivity index (χ0) is 22.1. The van der Waals surface area contributed by atoms with Crippen molar-refractivity contribution in [3.63, 3.8) is 0 Å². The lowest BCUT2D eigenvalue weighted by Gasteiger charge is -2.22. The van der Waals surface area contributed by atoms with Crippen molar-refractivity contribution in [1.82, 2.24) is 14.9 Å². The number of carbonyl (C=O) groups is 2. The lowest BCUT2D eigenvalue weighted by molar-refractivity contribution is 0.102. The van der Waals surface area contributed by atoms with Crippen molar-refractivity contribution < 1.29 is 9.59 Å². The van der Waals surface area contributed by atoms with Gasteiger partial charge in [0, 0.05) is 37.4 Å². The van der Waals surface area contributed by atoms with Crippen LogP contribution >= 0.6 is 23.2 Å². The summed E-state index contributed by atoms with van der Waals surface area (Å²) in [6.45, 7) is 7.29. The second-order valence-electron chi connectivity index (χ2n) is 7.07. The molecule has 1 fully saturated rings. The van der Waals surface area contributed by atoms with Gasteiger partial charge in [-0.1, -0.05) is 41.4 Å². The Morgan fingerprint density at radius 2 is 2.06 bits per heavy atom. The maximum Gasteiger partial charge on any atom is 0.324 e. The molecule has 1 aliphatic heterocycles. The van der Waals surface area contributed by atoms with Crippen LogP contribution in [0.25, 0.3) is 10.9 Å². The Kier molecular flexibility index (Phi) is 5.80. The number of pyridine rings is 2. The van der Waals surface area contributed by atoms with E-state index in [0.29, 0.717) is 30.8 Å². The van der Waals surface area contributed by atoms with Crippen LogP contribution in [0, 0.1) is 6.92 Å². The Balaban J connectivity index is 1.75. The summed E-state index contributed by atoms with van der Waals surface area (Å²) in [5, 5.41) is 3.80. The highest BCUT2D eigenvalue weighted by Gasteiger charge is 2.31. The summed E-state index contributed by atoms with van der Waals surface area (Å²) in [4.78, 5) is 37.7. The number of halogens is 2. The molecule has 1 aliphatic rings. The second kappa shape index (κ2) is 8.53. The summed E-state index contributed by atoms with van der Waals surface area (Å²) in [5.41, 5.74) is 2.76. The minimum Gasteiger partial charge on any atom is -0.320 e. The largest absolute Gasteiger partial charge is 0.324 e. The molecule has 1 aromatic carbocycles. The van der Waals surface area contributed by atoms with E-state index in [4.69, 9.17) is 23.2 Å². The zero-order valence-corrected chi connectivity index (χ0v) is 18.2. The number of fused-ring (bicyclic) bond motifs is 1. The molecule has 4 rings (SSSR count). The number of para-hydroxylation sites is 1. The number of anilines is 2. The number of hydrogen-bond acceptors (Lipinski definition) is 4. The fourth-order valence-electron chi connectivity index (χ4n) is 3.68. The van der Waals surface area contributed by atoms with Crippen molar-refractivity contribution in [2.24, 2.45) is 0 Å². The molecular weight excluding hydrogens is 437 g/mol. The molecule has 0 atom stereocenters. The van der Waals surface area contributed by atoms with Crippen LogP contribution in [0.2, 0.25) is 10.2 Å². The second-order valence-corrected chi connectivity index (χ2v) is 7.84. The highest BCUT2D eigenvalue weighted by atomic mass is 35.5. The van der Waals surface area contributed by atoms with Gasteiger partial charge in [-0.15, -0.1) is 6.58 Å². The van der Waals surface area contributed by atoms with Crippen LogP contribution in [-0.2, 0) is 0 Å². The standard InChI is InChI=1S/C22H19Cl2N5O2/c1-3-9-28-10-11-29(22(28)31)19-13(2)12-26-18-14(19)5-4-6-16(18)27-21(30)17-15(23)7-8-25-20(17)24/h3-8,12H,1,9-11H2,2H3,(H,27,30). The number of amides is 3. The van der Waals surface area contributed by atoms with E-state index >= 15 is 0 Å². The molecule has 2 aromatic heterocycles. The summed E-state index contributed by atoms with van der Waals surface area (Å²) in [6, 6.07) is 6.84. The van der Waals surface area contributed by atoms with E-state index in [1.165, 1.54) is 12.3 Å². The number of nitrogens with zero attached hydrogens (tertiary/aromatic N) is 4. The van der Waals surface area contributed by atoms with E-state index in [0.717, 1.165) is 16.6 Å². The Hall–Kier alpha value is -3.16. The van der Waals surface area contributed by atoms with Crippen molar-refractivity contribution in [2.45, 2.75) is 6.92 Å². The van der Waals surface area contributed by atoms with Crippen LogP contribution in [0.1, 0.15) is 15.9 Å². The highest BCUT2D eigenvalue weighted by Crippen LogP contribution is 2.35. The van der Waals surface area contributed by atoms with Crippen LogP contribution in [0.15, 0.2) is 49.3 Å².